The maximum absolute atomic E-state index is 13.1. The molecular formula is C12H13FO2. The summed E-state index contributed by atoms with van der Waals surface area (Å²) in [6.45, 7) is 2.09. The molecule has 0 amide bonds. The Labute approximate surface area is 88.4 Å². The van der Waals surface area contributed by atoms with Crippen molar-refractivity contribution in [3.05, 3.63) is 47.8 Å². The highest BCUT2D eigenvalue weighted by molar-refractivity contribution is 5.81. The summed E-state index contributed by atoms with van der Waals surface area (Å²) in [5, 5.41) is 0. The van der Waals surface area contributed by atoms with E-state index in [9.17, 15) is 9.18 Å². The van der Waals surface area contributed by atoms with Gasteiger partial charge in [-0.25, -0.2) is 9.18 Å². The van der Waals surface area contributed by atoms with Gasteiger partial charge < -0.3 is 4.74 Å². The first-order valence-electron chi connectivity index (χ1n) is 4.80. The Morgan fingerprint density at radius 2 is 2.20 bits per heavy atom. The summed E-state index contributed by atoms with van der Waals surface area (Å²) in [7, 11) is 0. The monoisotopic (exact) mass is 208 g/mol. The van der Waals surface area contributed by atoms with Crippen LogP contribution in [0.1, 0.15) is 12.5 Å². The zero-order valence-corrected chi connectivity index (χ0v) is 8.57. The normalized spacial score (nSPS) is 10.5. The Morgan fingerprint density at radius 1 is 1.47 bits per heavy atom. The summed E-state index contributed by atoms with van der Waals surface area (Å²) in [4.78, 5) is 10.9. The summed E-state index contributed by atoms with van der Waals surface area (Å²) in [5.74, 6) is -0.653. The third-order valence-corrected chi connectivity index (χ3v) is 1.84. The minimum Gasteiger partial charge on any atom is -0.463 e. The van der Waals surface area contributed by atoms with E-state index in [1.807, 2.05) is 0 Å². The van der Waals surface area contributed by atoms with Gasteiger partial charge in [-0.3, -0.25) is 0 Å². The zero-order chi connectivity index (χ0) is 11.1. The van der Waals surface area contributed by atoms with Gasteiger partial charge >= 0.3 is 5.97 Å². The molecule has 0 N–H and O–H groups in total. The van der Waals surface area contributed by atoms with Crippen LogP contribution in [0.5, 0.6) is 0 Å². The number of allylic oxidation sites excluding steroid dienone is 1. The topological polar surface area (TPSA) is 26.3 Å². The average Bonchev–Trinajstić information content (AvgIpc) is 2.21. The molecule has 0 saturated heterocycles. The molecule has 0 unspecified atom stereocenters. The van der Waals surface area contributed by atoms with E-state index in [0.717, 1.165) is 0 Å². The average molecular weight is 208 g/mol. The molecular weight excluding hydrogens is 195 g/mol. The SMILES string of the molecule is CCOC(=O)C=CCc1ccccc1F. The Hall–Kier alpha value is -1.64. The first-order chi connectivity index (χ1) is 7.24. The second kappa shape index (κ2) is 5.96. The van der Waals surface area contributed by atoms with Gasteiger partial charge in [0, 0.05) is 6.08 Å². The van der Waals surface area contributed by atoms with Gasteiger partial charge in [0.05, 0.1) is 6.61 Å². The third kappa shape index (κ3) is 3.94. The van der Waals surface area contributed by atoms with Crippen molar-refractivity contribution in [1.82, 2.24) is 0 Å². The fraction of sp³-hybridized carbons (Fsp3) is 0.250. The predicted octanol–water partition coefficient (Wildman–Crippen LogP) is 2.49. The van der Waals surface area contributed by atoms with E-state index in [4.69, 9.17) is 4.74 Å². The number of hydrogen-bond acceptors (Lipinski definition) is 2. The number of benzene rings is 1. The third-order valence-electron chi connectivity index (χ3n) is 1.84. The van der Waals surface area contributed by atoms with Crippen LogP contribution in [0.2, 0.25) is 0 Å². The van der Waals surface area contributed by atoms with Crippen LogP contribution in [0.3, 0.4) is 0 Å². The van der Waals surface area contributed by atoms with Crippen molar-refractivity contribution in [2.45, 2.75) is 13.3 Å². The molecule has 3 heteroatoms. The van der Waals surface area contributed by atoms with E-state index in [1.165, 1.54) is 12.1 Å². The lowest BCUT2D eigenvalue weighted by Gasteiger charge is -1.98. The molecule has 2 nitrogen and oxygen atoms in total. The first-order valence-corrected chi connectivity index (χ1v) is 4.80. The van der Waals surface area contributed by atoms with Crippen molar-refractivity contribution in [2.24, 2.45) is 0 Å². The molecule has 0 radical (unpaired) electrons. The van der Waals surface area contributed by atoms with E-state index in [0.29, 0.717) is 18.6 Å². The van der Waals surface area contributed by atoms with Gasteiger partial charge in [-0.2, -0.15) is 0 Å². The molecule has 0 aliphatic carbocycles. The highest BCUT2D eigenvalue weighted by Crippen LogP contribution is 2.07. The quantitative estimate of drug-likeness (QED) is 0.561. The standard InChI is InChI=1S/C12H13FO2/c1-2-15-12(14)9-5-7-10-6-3-4-8-11(10)13/h3-6,8-9H,2,7H2,1H3. The van der Waals surface area contributed by atoms with Crippen LogP contribution >= 0.6 is 0 Å². The molecule has 80 valence electrons. The van der Waals surface area contributed by atoms with Gasteiger partial charge in [0.15, 0.2) is 0 Å². The van der Waals surface area contributed by atoms with Crippen LogP contribution in [0, 0.1) is 5.82 Å². The molecule has 15 heavy (non-hydrogen) atoms. The van der Waals surface area contributed by atoms with Crippen LogP contribution < -0.4 is 0 Å². The number of esters is 1. The molecule has 0 aliphatic heterocycles. The predicted molar refractivity (Wildman–Crippen MR) is 55.9 cm³/mol. The largest absolute Gasteiger partial charge is 0.463 e. The minimum absolute atomic E-state index is 0.258. The molecule has 0 aromatic heterocycles. The van der Waals surface area contributed by atoms with Crippen molar-refractivity contribution in [3.63, 3.8) is 0 Å². The smallest absolute Gasteiger partial charge is 0.330 e. The summed E-state index contributed by atoms with van der Waals surface area (Å²) in [6.07, 6.45) is 3.30. The Balaban J connectivity index is 2.50. The van der Waals surface area contributed by atoms with Gasteiger partial charge in [0.1, 0.15) is 5.82 Å². The number of hydrogen-bond donors (Lipinski definition) is 0. The molecule has 1 rings (SSSR count). The van der Waals surface area contributed by atoms with Crippen molar-refractivity contribution in [3.8, 4) is 0 Å². The van der Waals surface area contributed by atoms with Gasteiger partial charge in [-0.1, -0.05) is 24.3 Å². The summed E-state index contributed by atoms with van der Waals surface area (Å²) in [6, 6.07) is 6.48. The molecule has 0 aliphatic rings. The van der Waals surface area contributed by atoms with Gasteiger partial charge in [0.25, 0.3) is 0 Å². The van der Waals surface area contributed by atoms with Gasteiger partial charge in [0.2, 0.25) is 0 Å². The fourth-order valence-electron chi connectivity index (χ4n) is 1.14. The van der Waals surface area contributed by atoms with Gasteiger partial charge in [-0.05, 0) is 25.0 Å². The molecule has 0 fully saturated rings. The highest BCUT2D eigenvalue weighted by atomic mass is 19.1. The van der Waals surface area contributed by atoms with Crippen LogP contribution in [0.15, 0.2) is 36.4 Å². The number of carbonyl (C=O) groups excluding carboxylic acids is 1. The van der Waals surface area contributed by atoms with E-state index >= 15 is 0 Å². The Kier molecular flexibility index (Phi) is 4.54. The van der Waals surface area contributed by atoms with Crippen molar-refractivity contribution in [1.29, 1.82) is 0 Å². The fourth-order valence-corrected chi connectivity index (χ4v) is 1.14. The number of ether oxygens (including phenoxy) is 1. The molecule has 0 spiro atoms. The van der Waals surface area contributed by atoms with Crippen LogP contribution in [0.25, 0.3) is 0 Å². The summed E-state index contributed by atoms with van der Waals surface area (Å²) < 4.78 is 17.8. The zero-order valence-electron chi connectivity index (χ0n) is 8.57. The Morgan fingerprint density at radius 3 is 2.87 bits per heavy atom. The van der Waals surface area contributed by atoms with E-state index in [2.05, 4.69) is 0 Å². The van der Waals surface area contributed by atoms with Crippen LogP contribution in [0.4, 0.5) is 4.39 Å². The molecule has 1 aromatic rings. The highest BCUT2D eigenvalue weighted by Gasteiger charge is 1.98. The summed E-state index contributed by atoms with van der Waals surface area (Å²) in [5.41, 5.74) is 0.568. The maximum Gasteiger partial charge on any atom is 0.330 e. The molecule has 1 aromatic carbocycles. The van der Waals surface area contributed by atoms with Crippen molar-refractivity contribution < 1.29 is 13.9 Å². The second-order valence-electron chi connectivity index (χ2n) is 2.95. The molecule has 0 heterocycles. The number of carbonyl (C=O) groups is 1. The van der Waals surface area contributed by atoms with E-state index in [-0.39, 0.29) is 5.82 Å². The second-order valence-corrected chi connectivity index (χ2v) is 2.95. The number of halogens is 1. The van der Waals surface area contributed by atoms with Crippen LogP contribution in [-0.2, 0) is 16.0 Å². The lowest BCUT2D eigenvalue weighted by molar-refractivity contribution is -0.137. The maximum atomic E-state index is 13.1. The first kappa shape index (κ1) is 11.4. The minimum atomic E-state index is -0.395. The number of rotatable bonds is 4. The lowest BCUT2D eigenvalue weighted by atomic mass is 10.1. The molecule has 0 atom stereocenters. The molecule has 0 bridgehead atoms. The lowest BCUT2D eigenvalue weighted by Crippen LogP contribution is -1.99. The van der Waals surface area contributed by atoms with Crippen molar-refractivity contribution >= 4 is 5.97 Å². The van der Waals surface area contributed by atoms with Crippen LogP contribution in [-0.4, -0.2) is 12.6 Å². The van der Waals surface area contributed by atoms with E-state index < -0.39 is 5.97 Å². The summed E-state index contributed by atoms with van der Waals surface area (Å²) >= 11 is 0. The molecule has 0 saturated carbocycles. The van der Waals surface area contributed by atoms with E-state index in [1.54, 1.807) is 31.2 Å². The van der Waals surface area contributed by atoms with Crippen molar-refractivity contribution in [2.75, 3.05) is 6.61 Å². The van der Waals surface area contributed by atoms with Gasteiger partial charge in [-0.15, -0.1) is 0 Å². The Bertz CT molecular complexity index is 358.